The lowest BCUT2D eigenvalue weighted by Crippen LogP contribution is -2.42. The van der Waals surface area contributed by atoms with Crippen LogP contribution in [0.1, 0.15) is 30.9 Å². The molecule has 20 heavy (non-hydrogen) atoms. The fourth-order valence-corrected chi connectivity index (χ4v) is 2.66. The maximum Gasteiger partial charge on any atom is 0.223 e. The molecule has 1 fully saturated rings. The van der Waals surface area contributed by atoms with Crippen LogP contribution in [0.25, 0.3) is 0 Å². The Morgan fingerprint density at radius 2 is 2.00 bits per heavy atom. The van der Waals surface area contributed by atoms with E-state index in [0.29, 0.717) is 0 Å². The van der Waals surface area contributed by atoms with Crippen molar-refractivity contribution < 1.29 is 4.79 Å². The number of piperidine rings is 1. The van der Waals surface area contributed by atoms with E-state index in [4.69, 9.17) is 0 Å². The monoisotopic (exact) mass is 296 g/mol. The van der Waals surface area contributed by atoms with Crippen LogP contribution in [0.4, 0.5) is 0 Å². The second-order valence-electron chi connectivity index (χ2n) is 5.56. The zero-order chi connectivity index (χ0) is 13.7. The normalized spacial score (nSPS) is 17.1. The minimum absolute atomic E-state index is 0. The lowest BCUT2D eigenvalue weighted by Gasteiger charge is -2.24. The zero-order valence-corrected chi connectivity index (χ0v) is 13.1. The molecule has 1 amide bonds. The van der Waals surface area contributed by atoms with Gasteiger partial charge in [0.05, 0.1) is 0 Å². The quantitative estimate of drug-likeness (QED) is 0.896. The van der Waals surface area contributed by atoms with Gasteiger partial charge in [0, 0.05) is 12.0 Å². The van der Waals surface area contributed by atoms with Gasteiger partial charge in [-0.15, -0.1) is 12.4 Å². The van der Waals surface area contributed by atoms with Gasteiger partial charge in [-0.05, 0) is 57.3 Å². The standard InChI is InChI=1S/C16H24N2O.ClH/c1-12-5-3-4-6-15(12)11-13(2)18-16(19)14-7-9-17-10-8-14;/h3-6,13-14,17H,7-11H2,1-2H3,(H,18,19);1H. The van der Waals surface area contributed by atoms with E-state index in [1.54, 1.807) is 0 Å². The van der Waals surface area contributed by atoms with Gasteiger partial charge in [-0.3, -0.25) is 4.79 Å². The summed E-state index contributed by atoms with van der Waals surface area (Å²) in [5, 5.41) is 6.45. The molecule has 1 saturated heterocycles. The molecular formula is C16H25ClN2O. The first-order chi connectivity index (χ1) is 9.16. The number of nitrogens with one attached hydrogen (secondary N) is 2. The van der Waals surface area contributed by atoms with Crippen molar-refractivity contribution in [3.05, 3.63) is 35.4 Å². The second-order valence-corrected chi connectivity index (χ2v) is 5.56. The molecule has 0 bridgehead atoms. The molecule has 1 aromatic carbocycles. The molecule has 0 spiro atoms. The van der Waals surface area contributed by atoms with Gasteiger partial charge in [0.1, 0.15) is 0 Å². The first-order valence-electron chi connectivity index (χ1n) is 7.22. The number of benzene rings is 1. The van der Waals surface area contributed by atoms with Crippen molar-refractivity contribution in [2.45, 2.75) is 39.2 Å². The number of rotatable bonds is 4. The zero-order valence-electron chi connectivity index (χ0n) is 12.3. The number of carbonyl (C=O) groups excluding carboxylic acids is 1. The van der Waals surface area contributed by atoms with Crippen LogP contribution in [-0.2, 0) is 11.2 Å². The average molecular weight is 297 g/mol. The predicted molar refractivity (Wildman–Crippen MR) is 85.3 cm³/mol. The van der Waals surface area contributed by atoms with Crippen molar-refractivity contribution >= 4 is 18.3 Å². The Kier molecular flexibility index (Phi) is 7.03. The summed E-state index contributed by atoms with van der Waals surface area (Å²) in [5.74, 6) is 0.420. The van der Waals surface area contributed by atoms with E-state index >= 15 is 0 Å². The molecule has 0 radical (unpaired) electrons. The average Bonchev–Trinajstić information content (AvgIpc) is 2.42. The molecule has 2 rings (SSSR count). The fourth-order valence-electron chi connectivity index (χ4n) is 2.66. The summed E-state index contributed by atoms with van der Waals surface area (Å²) < 4.78 is 0. The van der Waals surface area contributed by atoms with Crippen LogP contribution in [0, 0.1) is 12.8 Å². The van der Waals surface area contributed by atoms with Crippen LogP contribution in [0.15, 0.2) is 24.3 Å². The van der Waals surface area contributed by atoms with E-state index in [0.717, 1.165) is 32.4 Å². The van der Waals surface area contributed by atoms with Crippen LogP contribution in [0.3, 0.4) is 0 Å². The first kappa shape index (κ1) is 17.0. The molecule has 2 N–H and O–H groups in total. The van der Waals surface area contributed by atoms with Crippen LogP contribution in [-0.4, -0.2) is 25.0 Å². The Labute approximate surface area is 127 Å². The van der Waals surface area contributed by atoms with E-state index in [1.165, 1.54) is 11.1 Å². The van der Waals surface area contributed by atoms with Gasteiger partial charge < -0.3 is 10.6 Å². The summed E-state index contributed by atoms with van der Waals surface area (Å²) in [6, 6.07) is 8.57. The fraction of sp³-hybridized carbons (Fsp3) is 0.562. The molecule has 0 saturated carbocycles. The summed E-state index contributed by atoms with van der Waals surface area (Å²) in [7, 11) is 0. The maximum absolute atomic E-state index is 12.1. The molecule has 0 aliphatic carbocycles. The Morgan fingerprint density at radius 3 is 2.65 bits per heavy atom. The van der Waals surface area contributed by atoms with Crippen LogP contribution in [0.2, 0.25) is 0 Å². The third-order valence-corrected chi connectivity index (χ3v) is 3.89. The molecule has 1 atom stereocenters. The summed E-state index contributed by atoms with van der Waals surface area (Å²) in [6.45, 7) is 6.14. The first-order valence-corrected chi connectivity index (χ1v) is 7.22. The number of aryl methyl sites for hydroxylation is 1. The van der Waals surface area contributed by atoms with Gasteiger partial charge in [-0.1, -0.05) is 24.3 Å². The molecule has 1 unspecified atom stereocenters. The van der Waals surface area contributed by atoms with Crippen molar-refractivity contribution in [3.63, 3.8) is 0 Å². The Morgan fingerprint density at radius 1 is 1.35 bits per heavy atom. The molecular weight excluding hydrogens is 272 g/mol. The van der Waals surface area contributed by atoms with Crippen LogP contribution in [0.5, 0.6) is 0 Å². The van der Waals surface area contributed by atoms with E-state index < -0.39 is 0 Å². The van der Waals surface area contributed by atoms with E-state index in [1.807, 2.05) is 0 Å². The van der Waals surface area contributed by atoms with Crippen LogP contribution < -0.4 is 10.6 Å². The van der Waals surface area contributed by atoms with Gasteiger partial charge in [-0.2, -0.15) is 0 Å². The Balaban J connectivity index is 0.00000200. The minimum Gasteiger partial charge on any atom is -0.353 e. The second kappa shape index (κ2) is 8.28. The van der Waals surface area contributed by atoms with Crippen molar-refractivity contribution in [1.29, 1.82) is 0 Å². The summed E-state index contributed by atoms with van der Waals surface area (Å²) in [4.78, 5) is 12.1. The highest BCUT2D eigenvalue weighted by molar-refractivity contribution is 5.85. The highest BCUT2D eigenvalue weighted by Gasteiger charge is 2.22. The molecule has 112 valence electrons. The number of halogens is 1. The smallest absolute Gasteiger partial charge is 0.223 e. The summed E-state index contributed by atoms with van der Waals surface area (Å²) in [5.41, 5.74) is 2.62. The maximum atomic E-state index is 12.1. The van der Waals surface area contributed by atoms with Crippen molar-refractivity contribution in [2.24, 2.45) is 5.92 Å². The van der Waals surface area contributed by atoms with Gasteiger partial charge in [0.15, 0.2) is 0 Å². The third-order valence-electron chi connectivity index (χ3n) is 3.89. The SMILES string of the molecule is Cc1ccccc1CC(C)NC(=O)C1CCNCC1.Cl. The summed E-state index contributed by atoms with van der Waals surface area (Å²) >= 11 is 0. The lowest BCUT2D eigenvalue weighted by molar-refractivity contribution is -0.126. The van der Waals surface area contributed by atoms with E-state index in [2.05, 4.69) is 48.7 Å². The Bertz CT molecular complexity index is 430. The van der Waals surface area contributed by atoms with Crippen molar-refractivity contribution in [1.82, 2.24) is 10.6 Å². The van der Waals surface area contributed by atoms with Gasteiger partial charge in [0.2, 0.25) is 5.91 Å². The van der Waals surface area contributed by atoms with E-state index in [-0.39, 0.29) is 30.3 Å². The highest BCUT2D eigenvalue weighted by atomic mass is 35.5. The predicted octanol–water partition coefficient (Wildman–Crippen LogP) is 2.46. The Hall–Kier alpha value is -1.06. The third kappa shape index (κ3) is 4.80. The minimum atomic E-state index is 0. The molecule has 4 heteroatoms. The molecule has 1 aliphatic heterocycles. The largest absolute Gasteiger partial charge is 0.353 e. The topological polar surface area (TPSA) is 41.1 Å². The van der Waals surface area contributed by atoms with Crippen molar-refractivity contribution in [3.8, 4) is 0 Å². The molecule has 1 aromatic rings. The molecule has 1 heterocycles. The lowest BCUT2D eigenvalue weighted by atomic mass is 9.96. The van der Waals surface area contributed by atoms with Crippen LogP contribution >= 0.6 is 12.4 Å². The number of carbonyl (C=O) groups is 1. The molecule has 1 aliphatic rings. The van der Waals surface area contributed by atoms with Gasteiger partial charge in [-0.25, -0.2) is 0 Å². The molecule has 0 aromatic heterocycles. The number of amides is 1. The van der Waals surface area contributed by atoms with E-state index in [9.17, 15) is 4.79 Å². The van der Waals surface area contributed by atoms with Gasteiger partial charge >= 0.3 is 0 Å². The highest BCUT2D eigenvalue weighted by Crippen LogP contribution is 2.13. The summed E-state index contributed by atoms with van der Waals surface area (Å²) in [6.07, 6.45) is 2.83. The molecule has 3 nitrogen and oxygen atoms in total. The number of hydrogen-bond acceptors (Lipinski definition) is 2. The van der Waals surface area contributed by atoms with Crippen molar-refractivity contribution in [2.75, 3.05) is 13.1 Å². The van der Waals surface area contributed by atoms with Gasteiger partial charge in [0.25, 0.3) is 0 Å². The number of hydrogen-bond donors (Lipinski definition) is 2.